The van der Waals surface area contributed by atoms with E-state index in [2.05, 4.69) is 20.5 Å². The molecule has 1 saturated carbocycles. The lowest BCUT2D eigenvalue weighted by molar-refractivity contribution is 0.0915. The summed E-state index contributed by atoms with van der Waals surface area (Å²) in [5, 5.41) is 20.0. The van der Waals surface area contributed by atoms with Crippen molar-refractivity contribution in [3.63, 3.8) is 0 Å². The van der Waals surface area contributed by atoms with Crippen LogP contribution >= 0.6 is 0 Å². The van der Waals surface area contributed by atoms with Crippen LogP contribution in [-0.2, 0) is 0 Å². The van der Waals surface area contributed by atoms with E-state index in [1.807, 2.05) is 6.92 Å². The lowest BCUT2D eigenvalue weighted by atomic mass is 10.0. The van der Waals surface area contributed by atoms with Gasteiger partial charge in [0.15, 0.2) is 5.82 Å². The molecule has 3 rings (SSSR count). The highest BCUT2D eigenvalue weighted by atomic mass is 19.1. The summed E-state index contributed by atoms with van der Waals surface area (Å²) in [6, 6.07) is 4.14. The van der Waals surface area contributed by atoms with Crippen LogP contribution in [0.4, 0.5) is 4.39 Å². The molecule has 0 unspecified atom stereocenters. The summed E-state index contributed by atoms with van der Waals surface area (Å²) in [5.41, 5.74) is 1.04. The molecular formula is C17H21FN4O2. The summed E-state index contributed by atoms with van der Waals surface area (Å²) in [6.45, 7) is 3.94. The van der Waals surface area contributed by atoms with Crippen LogP contribution < -0.4 is 5.32 Å². The minimum Gasteiger partial charge on any atom is -0.393 e. The van der Waals surface area contributed by atoms with Gasteiger partial charge in [-0.25, -0.2) is 9.37 Å². The minimum absolute atomic E-state index is 0.0633. The van der Waals surface area contributed by atoms with Gasteiger partial charge < -0.3 is 10.4 Å². The van der Waals surface area contributed by atoms with Crippen molar-refractivity contribution in [2.24, 2.45) is 5.92 Å². The third-order valence-electron chi connectivity index (χ3n) is 4.61. The van der Waals surface area contributed by atoms with Crippen LogP contribution in [0.2, 0.25) is 0 Å². The average Bonchev–Trinajstić information content (AvgIpc) is 3.13. The number of nitrogens with zero attached hydrogens (tertiary/aromatic N) is 2. The second kappa shape index (κ2) is 6.68. The van der Waals surface area contributed by atoms with Crippen LogP contribution in [0.3, 0.4) is 0 Å². The number of aliphatic hydroxyl groups is 1. The number of hydrogen-bond acceptors (Lipinski definition) is 4. The van der Waals surface area contributed by atoms with Gasteiger partial charge in [0.05, 0.1) is 6.10 Å². The highest BCUT2D eigenvalue weighted by Crippen LogP contribution is 2.36. The highest BCUT2D eigenvalue weighted by molar-refractivity contribution is 5.95. The number of nitrogens with one attached hydrogen (secondary N) is 2. The average molecular weight is 332 g/mol. The van der Waals surface area contributed by atoms with E-state index in [1.54, 1.807) is 13.0 Å². The standard InChI is InChI=1S/C17H21FN4O2/c1-9-3-4-13(18)7-14(9)17(24)19-8-12-5-11(6-15(12)23)16-20-10(2)21-22-16/h3-4,7,11-12,15,23H,5-6,8H2,1-2H3,(H,19,24)(H,20,21,22)/t11-,12+,15+/m0/s1. The predicted molar refractivity (Wildman–Crippen MR) is 86.1 cm³/mol. The Bertz CT molecular complexity index is 746. The number of hydrogen-bond donors (Lipinski definition) is 3. The van der Waals surface area contributed by atoms with Crippen molar-refractivity contribution < 1.29 is 14.3 Å². The van der Waals surface area contributed by atoms with E-state index in [0.717, 1.165) is 11.4 Å². The molecule has 128 valence electrons. The summed E-state index contributed by atoms with van der Waals surface area (Å²) in [5.74, 6) is 0.719. The largest absolute Gasteiger partial charge is 0.393 e. The van der Waals surface area contributed by atoms with Gasteiger partial charge in [0.2, 0.25) is 0 Å². The second-order valence-electron chi connectivity index (χ2n) is 6.44. The van der Waals surface area contributed by atoms with Crippen molar-refractivity contribution in [2.75, 3.05) is 6.54 Å². The molecular weight excluding hydrogens is 311 g/mol. The molecule has 0 spiro atoms. The van der Waals surface area contributed by atoms with Crippen molar-refractivity contribution in [1.82, 2.24) is 20.5 Å². The molecule has 1 amide bonds. The normalized spacial score (nSPS) is 23.4. The number of amides is 1. The maximum absolute atomic E-state index is 13.3. The fourth-order valence-electron chi connectivity index (χ4n) is 3.23. The van der Waals surface area contributed by atoms with E-state index < -0.39 is 11.9 Å². The van der Waals surface area contributed by atoms with Crippen molar-refractivity contribution in [3.8, 4) is 0 Å². The molecule has 3 atom stereocenters. The van der Waals surface area contributed by atoms with Crippen LogP contribution in [0.25, 0.3) is 0 Å². The first-order valence-corrected chi connectivity index (χ1v) is 8.05. The van der Waals surface area contributed by atoms with Gasteiger partial charge in [-0.1, -0.05) is 6.07 Å². The summed E-state index contributed by atoms with van der Waals surface area (Å²) >= 11 is 0. The van der Waals surface area contributed by atoms with Crippen molar-refractivity contribution >= 4 is 5.91 Å². The third kappa shape index (κ3) is 3.46. The van der Waals surface area contributed by atoms with Crippen LogP contribution in [0, 0.1) is 25.6 Å². The summed E-state index contributed by atoms with van der Waals surface area (Å²) < 4.78 is 13.3. The number of carbonyl (C=O) groups excluding carboxylic acids is 1. The molecule has 0 radical (unpaired) electrons. The molecule has 1 aromatic carbocycles. The quantitative estimate of drug-likeness (QED) is 0.797. The number of rotatable bonds is 4. The van der Waals surface area contributed by atoms with E-state index in [1.165, 1.54) is 12.1 Å². The van der Waals surface area contributed by atoms with Gasteiger partial charge in [0.25, 0.3) is 5.91 Å². The third-order valence-corrected chi connectivity index (χ3v) is 4.61. The molecule has 1 aliphatic carbocycles. The molecule has 0 saturated heterocycles. The number of aryl methyl sites for hydroxylation is 2. The Morgan fingerprint density at radius 3 is 2.92 bits per heavy atom. The first-order chi connectivity index (χ1) is 11.4. The van der Waals surface area contributed by atoms with E-state index in [-0.39, 0.29) is 17.7 Å². The van der Waals surface area contributed by atoms with Crippen molar-refractivity contribution in [3.05, 3.63) is 46.8 Å². The van der Waals surface area contributed by atoms with Crippen LogP contribution in [0.1, 0.15) is 46.3 Å². The molecule has 1 aromatic heterocycles. The monoisotopic (exact) mass is 332 g/mol. The lowest BCUT2D eigenvalue weighted by Gasteiger charge is -2.15. The zero-order chi connectivity index (χ0) is 17.3. The molecule has 2 aromatic rings. The minimum atomic E-state index is -0.511. The van der Waals surface area contributed by atoms with Gasteiger partial charge in [0, 0.05) is 23.9 Å². The highest BCUT2D eigenvalue weighted by Gasteiger charge is 2.35. The van der Waals surface area contributed by atoms with Gasteiger partial charge in [0.1, 0.15) is 11.6 Å². The van der Waals surface area contributed by atoms with Crippen molar-refractivity contribution in [1.29, 1.82) is 0 Å². The predicted octanol–water partition coefficient (Wildman–Crippen LogP) is 1.85. The van der Waals surface area contributed by atoms with Gasteiger partial charge in [-0.15, -0.1) is 0 Å². The smallest absolute Gasteiger partial charge is 0.251 e. The Labute approximate surface area is 139 Å². The van der Waals surface area contributed by atoms with Gasteiger partial charge >= 0.3 is 0 Å². The molecule has 1 fully saturated rings. The van der Waals surface area contributed by atoms with Gasteiger partial charge in [-0.2, -0.15) is 5.10 Å². The number of benzene rings is 1. The molecule has 1 heterocycles. The number of aromatic nitrogens is 3. The Hall–Kier alpha value is -2.28. The Kier molecular flexibility index (Phi) is 4.62. The molecule has 3 N–H and O–H groups in total. The number of H-pyrrole nitrogens is 1. The molecule has 0 aliphatic heterocycles. The fraction of sp³-hybridized carbons (Fsp3) is 0.471. The zero-order valence-corrected chi connectivity index (χ0v) is 13.7. The molecule has 24 heavy (non-hydrogen) atoms. The summed E-state index contributed by atoms with van der Waals surface area (Å²) in [4.78, 5) is 16.6. The maximum atomic E-state index is 13.3. The van der Waals surface area contributed by atoms with E-state index in [0.29, 0.717) is 30.8 Å². The van der Waals surface area contributed by atoms with Crippen LogP contribution in [0.15, 0.2) is 18.2 Å². The Morgan fingerprint density at radius 2 is 2.21 bits per heavy atom. The molecule has 0 bridgehead atoms. The summed E-state index contributed by atoms with van der Waals surface area (Å²) in [7, 11) is 0. The van der Waals surface area contributed by atoms with Crippen LogP contribution in [-0.4, -0.2) is 38.8 Å². The van der Waals surface area contributed by atoms with Crippen molar-refractivity contribution in [2.45, 2.75) is 38.7 Å². The fourth-order valence-corrected chi connectivity index (χ4v) is 3.23. The summed E-state index contributed by atoms with van der Waals surface area (Å²) in [6.07, 6.45) is 0.778. The number of aliphatic hydroxyl groups excluding tert-OH is 1. The van der Waals surface area contributed by atoms with Gasteiger partial charge in [-0.3, -0.25) is 9.89 Å². The second-order valence-corrected chi connectivity index (χ2v) is 6.44. The number of halogens is 1. The SMILES string of the molecule is Cc1nc([C@H]2C[C@H](CNC(=O)c3cc(F)ccc3C)[C@H](O)C2)n[nH]1. The molecule has 1 aliphatic rings. The zero-order valence-electron chi connectivity index (χ0n) is 13.7. The van der Waals surface area contributed by atoms with Crippen LogP contribution in [0.5, 0.6) is 0 Å². The first kappa shape index (κ1) is 16.6. The topological polar surface area (TPSA) is 90.9 Å². The van der Waals surface area contributed by atoms with E-state index in [4.69, 9.17) is 0 Å². The molecule has 6 nitrogen and oxygen atoms in total. The Morgan fingerprint density at radius 1 is 1.42 bits per heavy atom. The van der Waals surface area contributed by atoms with E-state index in [9.17, 15) is 14.3 Å². The first-order valence-electron chi connectivity index (χ1n) is 8.05. The number of aromatic amines is 1. The maximum Gasteiger partial charge on any atom is 0.251 e. The van der Waals surface area contributed by atoms with E-state index >= 15 is 0 Å². The van der Waals surface area contributed by atoms with Gasteiger partial charge in [-0.05, 0) is 44.4 Å². The Balaban J connectivity index is 1.60. The number of carbonyl (C=O) groups is 1. The molecule has 7 heteroatoms. The lowest BCUT2D eigenvalue weighted by Crippen LogP contribution is -2.32.